The van der Waals surface area contributed by atoms with E-state index in [0.29, 0.717) is 5.56 Å². The molecule has 0 aliphatic carbocycles. The van der Waals surface area contributed by atoms with Crippen molar-refractivity contribution in [2.75, 3.05) is 0 Å². The molecule has 1 N–H and O–H groups in total. The number of rotatable bonds is 7. The number of nitrogens with one attached hydrogen (secondary N) is 1. The van der Waals surface area contributed by atoms with E-state index in [9.17, 15) is 9.59 Å². The molecular formula is C21H21N3O2. The molecule has 3 rings (SSSR count). The number of carbonyl (C=O) groups is 2. The van der Waals surface area contributed by atoms with E-state index >= 15 is 0 Å². The zero-order valence-electron chi connectivity index (χ0n) is 14.6. The van der Waals surface area contributed by atoms with Crippen LogP contribution in [0.4, 0.5) is 0 Å². The van der Waals surface area contributed by atoms with Crippen LogP contribution in [0.1, 0.15) is 41.7 Å². The summed E-state index contributed by atoms with van der Waals surface area (Å²) in [6.45, 7) is 1.93. The number of carbonyl (C=O) groups excluding carboxylic acids is 2. The fourth-order valence-electron chi connectivity index (χ4n) is 2.76. The van der Waals surface area contributed by atoms with Crippen LogP contribution in [0.25, 0.3) is 5.69 Å². The Morgan fingerprint density at radius 2 is 1.88 bits per heavy atom. The van der Waals surface area contributed by atoms with Crippen molar-refractivity contribution >= 4 is 11.7 Å². The van der Waals surface area contributed by atoms with Crippen molar-refractivity contribution in [3.63, 3.8) is 0 Å². The minimum absolute atomic E-state index is 0.0180. The van der Waals surface area contributed by atoms with E-state index in [4.69, 9.17) is 0 Å². The Balaban J connectivity index is 1.56. The maximum atomic E-state index is 12.2. The first-order chi connectivity index (χ1) is 12.6. The number of nitrogens with zero attached hydrogens (tertiary/aromatic N) is 2. The van der Waals surface area contributed by atoms with Gasteiger partial charge in [-0.05, 0) is 24.6 Å². The zero-order valence-corrected chi connectivity index (χ0v) is 14.6. The smallest absolute Gasteiger partial charge is 0.220 e. The molecule has 0 saturated carbocycles. The summed E-state index contributed by atoms with van der Waals surface area (Å²) in [5, 5.41) is 2.96. The number of aromatic nitrogens is 2. The lowest BCUT2D eigenvalue weighted by atomic mass is 10.1. The largest absolute Gasteiger partial charge is 0.350 e. The molecule has 1 amide bonds. The summed E-state index contributed by atoms with van der Waals surface area (Å²) < 4.78 is 1.91. The lowest BCUT2D eigenvalue weighted by molar-refractivity contribution is -0.121. The van der Waals surface area contributed by atoms with Gasteiger partial charge in [0.2, 0.25) is 5.91 Å². The zero-order chi connectivity index (χ0) is 18.4. The Labute approximate surface area is 152 Å². The van der Waals surface area contributed by atoms with Crippen LogP contribution in [0.3, 0.4) is 0 Å². The molecule has 132 valence electrons. The average Bonchev–Trinajstić information content (AvgIpc) is 3.22. The SMILES string of the molecule is CC(NC(=O)CCC(=O)c1ccccc1)c1cccc(-n2ccnc2)c1. The first-order valence-corrected chi connectivity index (χ1v) is 8.59. The van der Waals surface area contributed by atoms with Gasteiger partial charge in [-0.3, -0.25) is 9.59 Å². The topological polar surface area (TPSA) is 64.0 Å². The molecule has 0 saturated heterocycles. The Hall–Kier alpha value is -3.21. The highest BCUT2D eigenvalue weighted by Gasteiger charge is 2.13. The van der Waals surface area contributed by atoms with Crippen LogP contribution in [0.5, 0.6) is 0 Å². The summed E-state index contributed by atoms with van der Waals surface area (Å²) in [5.74, 6) is -0.148. The summed E-state index contributed by atoms with van der Waals surface area (Å²) in [7, 11) is 0. The first kappa shape index (κ1) is 17.6. The third-order valence-corrected chi connectivity index (χ3v) is 4.23. The molecule has 1 unspecified atom stereocenters. The molecule has 0 aliphatic heterocycles. The van der Waals surface area contributed by atoms with Crippen LogP contribution in [0, 0.1) is 0 Å². The van der Waals surface area contributed by atoms with E-state index in [-0.39, 0.29) is 30.6 Å². The summed E-state index contributed by atoms with van der Waals surface area (Å²) >= 11 is 0. The molecule has 3 aromatic rings. The van der Waals surface area contributed by atoms with Gasteiger partial charge in [-0.25, -0.2) is 4.98 Å². The van der Waals surface area contributed by atoms with E-state index in [1.807, 2.05) is 60.2 Å². The Bertz CT molecular complexity index is 873. The van der Waals surface area contributed by atoms with Gasteiger partial charge in [-0.15, -0.1) is 0 Å². The molecular weight excluding hydrogens is 326 g/mol. The fraction of sp³-hybridized carbons (Fsp3) is 0.190. The summed E-state index contributed by atoms with van der Waals surface area (Å²) in [5.41, 5.74) is 2.63. The third-order valence-electron chi connectivity index (χ3n) is 4.23. The van der Waals surface area contributed by atoms with E-state index in [0.717, 1.165) is 11.3 Å². The van der Waals surface area contributed by atoms with Crippen molar-refractivity contribution in [2.45, 2.75) is 25.8 Å². The number of hydrogen-bond donors (Lipinski definition) is 1. The van der Waals surface area contributed by atoms with Gasteiger partial charge < -0.3 is 9.88 Å². The van der Waals surface area contributed by atoms with Crippen LogP contribution in [0.15, 0.2) is 73.3 Å². The van der Waals surface area contributed by atoms with Crippen LogP contribution < -0.4 is 5.32 Å². The van der Waals surface area contributed by atoms with Gasteiger partial charge in [0, 0.05) is 36.5 Å². The summed E-state index contributed by atoms with van der Waals surface area (Å²) in [4.78, 5) is 28.3. The summed E-state index contributed by atoms with van der Waals surface area (Å²) in [6, 6.07) is 16.8. The highest BCUT2D eigenvalue weighted by molar-refractivity contribution is 5.97. The van der Waals surface area contributed by atoms with Crippen LogP contribution in [-0.4, -0.2) is 21.2 Å². The maximum absolute atomic E-state index is 12.2. The maximum Gasteiger partial charge on any atom is 0.220 e. The van der Waals surface area contributed by atoms with Crippen LogP contribution in [0.2, 0.25) is 0 Å². The lowest BCUT2D eigenvalue weighted by Crippen LogP contribution is -2.27. The van der Waals surface area contributed by atoms with Crippen molar-refractivity contribution in [3.05, 3.63) is 84.4 Å². The van der Waals surface area contributed by atoms with E-state index in [1.165, 1.54) is 0 Å². The monoisotopic (exact) mass is 347 g/mol. The van der Waals surface area contributed by atoms with Gasteiger partial charge in [0.05, 0.1) is 12.4 Å². The van der Waals surface area contributed by atoms with Crippen LogP contribution in [-0.2, 0) is 4.79 Å². The van der Waals surface area contributed by atoms with Gasteiger partial charge in [-0.2, -0.15) is 0 Å². The minimum atomic E-state index is -0.141. The van der Waals surface area contributed by atoms with Crippen molar-refractivity contribution in [3.8, 4) is 5.69 Å². The van der Waals surface area contributed by atoms with Crippen molar-refractivity contribution in [1.29, 1.82) is 0 Å². The first-order valence-electron chi connectivity index (χ1n) is 8.59. The minimum Gasteiger partial charge on any atom is -0.350 e. The number of Topliss-reactive ketones (excluding diaryl/α,β-unsaturated/α-hetero) is 1. The molecule has 5 heteroatoms. The highest BCUT2D eigenvalue weighted by atomic mass is 16.2. The summed E-state index contributed by atoms with van der Waals surface area (Å²) in [6.07, 6.45) is 5.72. The number of imidazole rings is 1. The third kappa shape index (κ3) is 4.45. The molecule has 2 aromatic carbocycles. The molecule has 0 radical (unpaired) electrons. The molecule has 1 aromatic heterocycles. The van der Waals surface area contributed by atoms with E-state index in [1.54, 1.807) is 24.7 Å². The molecule has 1 atom stereocenters. The Kier molecular flexibility index (Phi) is 5.59. The fourth-order valence-corrected chi connectivity index (χ4v) is 2.76. The normalized spacial score (nSPS) is 11.7. The molecule has 1 heterocycles. The average molecular weight is 347 g/mol. The van der Waals surface area contributed by atoms with Crippen molar-refractivity contribution in [1.82, 2.24) is 14.9 Å². The van der Waals surface area contributed by atoms with Crippen molar-refractivity contribution in [2.24, 2.45) is 0 Å². The van der Waals surface area contributed by atoms with E-state index in [2.05, 4.69) is 10.3 Å². The van der Waals surface area contributed by atoms with Gasteiger partial charge in [0.25, 0.3) is 0 Å². The number of hydrogen-bond acceptors (Lipinski definition) is 3. The Morgan fingerprint density at radius 1 is 1.08 bits per heavy atom. The molecule has 5 nitrogen and oxygen atoms in total. The van der Waals surface area contributed by atoms with Gasteiger partial charge in [0.1, 0.15) is 0 Å². The molecule has 0 bridgehead atoms. The number of ketones is 1. The molecule has 0 aliphatic rings. The number of amides is 1. The van der Waals surface area contributed by atoms with E-state index < -0.39 is 0 Å². The lowest BCUT2D eigenvalue weighted by Gasteiger charge is -2.15. The van der Waals surface area contributed by atoms with Crippen LogP contribution >= 0.6 is 0 Å². The highest BCUT2D eigenvalue weighted by Crippen LogP contribution is 2.17. The predicted molar refractivity (Wildman–Crippen MR) is 100 cm³/mol. The van der Waals surface area contributed by atoms with Gasteiger partial charge in [-0.1, -0.05) is 42.5 Å². The second-order valence-corrected chi connectivity index (χ2v) is 6.14. The molecule has 26 heavy (non-hydrogen) atoms. The van der Waals surface area contributed by atoms with Gasteiger partial charge in [0.15, 0.2) is 5.78 Å². The predicted octanol–water partition coefficient (Wildman–Crippen LogP) is 3.71. The molecule has 0 spiro atoms. The Morgan fingerprint density at radius 3 is 2.62 bits per heavy atom. The number of benzene rings is 2. The van der Waals surface area contributed by atoms with Gasteiger partial charge >= 0.3 is 0 Å². The van der Waals surface area contributed by atoms with Crippen molar-refractivity contribution < 1.29 is 9.59 Å². The molecule has 0 fully saturated rings. The quantitative estimate of drug-likeness (QED) is 0.663. The standard InChI is InChI=1S/C21H21N3O2/c1-16(18-8-5-9-19(14-18)24-13-12-22-15-24)23-21(26)11-10-20(25)17-6-3-2-4-7-17/h2-9,12-16H,10-11H2,1H3,(H,23,26). The second kappa shape index (κ2) is 8.25. The second-order valence-electron chi connectivity index (χ2n) is 6.14.